The molecule has 0 aromatic rings. The van der Waals surface area contributed by atoms with Crippen LogP contribution >= 0.6 is 0 Å². The van der Waals surface area contributed by atoms with Crippen molar-refractivity contribution in [3.8, 4) is 0 Å². The van der Waals surface area contributed by atoms with Crippen LogP contribution in [0.15, 0.2) is 24.3 Å². The summed E-state index contributed by atoms with van der Waals surface area (Å²) in [5.74, 6) is 0.121. The fraction of sp³-hybridized carbons (Fsp3) is 0.545. The van der Waals surface area contributed by atoms with E-state index in [1.807, 2.05) is 24.0 Å². The van der Waals surface area contributed by atoms with Crippen molar-refractivity contribution in [2.24, 2.45) is 0 Å². The highest BCUT2D eigenvalue weighted by Gasteiger charge is 2.16. The second kappa shape index (κ2) is 5.60. The number of allylic oxidation sites excluding steroid dienone is 3. The molecule has 0 aromatic heterocycles. The normalized spacial score (nSPS) is 19.7. The summed E-state index contributed by atoms with van der Waals surface area (Å²) in [6.07, 6.45) is 7.20. The van der Waals surface area contributed by atoms with Gasteiger partial charge in [-0.3, -0.25) is 4.79 Å². The predicted octanol–water partition coefficient (Wildman–Crippen LogP) is 0.893. The van der Waals surface area contributed by atoms with E-state index in [0.717, 1.165) is 26.2 Å². The number of likely N-dealkylation sites (N-methyl/N-ethyl adjacent to an activating group) is 1. The lowest BCUT2D eigenvalue weighted by Crippen LogP contribution is -2.46. The van der Waals surface area contributed by atoms with E-state index in [2.05, 4.69) is 11.9 Å². The zero-order valence-corrected chi connectivity index (χ0v) is 8.94. The van der Waals surface area contributed by atoms with Crippen LogP contribution < -0.4 is 0 Å². The van der Waals surface area contributed by atoms with Crippen molar-refractivity contribution in [1.29, 1.82) is 0 Å². The topological polar surface area (TPSA) is 23.6 Å². The third-order valence-electron chi connectivity index (χ3n) is 2.36. The Morgan fingerprint density at radius 3 is 2.36 bits per heavy atom. The van der Waals surface area contributed by atoms with E-state index in [4.69, 9.17) is 0 Å². The van der Waals surface area contributed by atoms with Crippen molar-refractivity contribution >= 4 is 5.91 Å². The van der Waals surface area contributed by atoms with Gasteiger partial charge >= 0.3 is 0 Å². The molecule has 1 amide bonds. The van der Waals surface area contributed by atoms with Crippen molar-refractivity contribution < 1.29 is 4.79 Å². The Hall–Kier alpha value is -1.09. The van der Waals surface area contributed by atoms with Gasteiger partial charge in [-0.05, 0) is 14.0 Å². The fourth-order valence-corrected chi connectivity index (χ4v) is 1.38. The first-order valence-corrected chi connectivity index (χ1v) is 5.01. The van der Waals surface area contributed by atoms with Gasteiger partial charge in [0.1, 0.15) is 0 Å². The second-order valence-corrected chi connectivity index (χ2v) is 3.51. The zero-order valence-electron chi connectivity index (χ0n) is 8.94. The molecule has 0 unspecified atom stereocenters. The number of hydrogen-bond donors (Lipinski definition) is 0. The molecular formula is C11H18N2O. The molecule has 0 saturated carbocycles. The summed E-state index contributed by atoms with van der Waals surface area (Å²) in [7, 11) is 2.08. The van der Waals surface area contributed by atoms with Gasteiger partial charge in [-0.15, -0.1) is 0 Å². The summed E-state index contributed by atoms with van der Waals surface area (Å²) in [6.45, 7) is 5.57. The molecule has 3 heteroatoms. The van der Waals surface area contributed by atoms with Gasteiger partial charge in [0.2, 0.25) is 5.91 Å². The molecule has 0 radical (unpaired) electrons. The summed E-state index contributed by atoms with van der Waals surface area (Å²) in [5, 5.41) is 0. The Morgan fingerprint density at radius 1 is 1.14 bits per heavy atom. The van der Waals surface area contributed by atoms with Gasteiger partial charge in [-0.25, -0.2) is 0 Å². The van der Waals surface area contributed by atoms with E-state index >= 15 is 0 Å². The van der Waals surface area contributed by atoms with Crippen LogP contribution in [0.2, 0.25) is 0 Å². The number of rotatable bonds is 2. The van der Waals surface area contributed by atoms with Gasteiger partial charge in [0, 0.05) is 32.3 Å². The lowest BCUT2D eigenvalue weighted by molar-refractivity contribution is -0.127. The van der Waals surface area contributed by atoms with Crippen LogP contribution in [0.5, 0.6) is 0 Å². The highest BCUT2D eigenvalue weighted by Crippen LogP contribution is 2.00. The number of hydrogen-bond acceptors (Lipinski definition) is 2. The first-order valence-electron chi connectivity index (χ1n) is 5.01. The maximum Gasteiger partial charge on any atom is 0.246 e. The van der Waals surface area contributed by atoms with E-state index in [9.17, 15) is 4.79 Å². The van der Waals surface area contributed by atoms with E-state index in [-0.39, 0.29) is 5.91 Å². The summed E-state index contributed by atoms with van der Waals surface area (Å²) in [6, 6.07) is 0. The largest absolute Gasteiger partial charge is 0.337 e. The molecule has 78 valence electrons. The van der Waals surface area contributed by atoms with E-state index in [1.54, 1.807) is 12.2 Å². The maximum absolute atomic E-state index is 11.6. The van der Waals surface area contributed by atoms with Gasteiger partial charge < -0.3 is 9.80 Å². The molecule has 0 aromatic carbocycles. The zero-order chi connectivity index (χ0) is 10.4. The average Bonchev–Trinajstić information content (AvgIpc) is 2.19. The Morgan fingerprint density at radius 2 is 1.79 bits per heavy atom. The minimum absolute atomic E-state index is 0.121. The summed E-state index contributed by atoms with van der Waals surface area (Å²) < 4.78 is 0. The fourth-order valence-electron chi connectivity index (χ4n) is 1.38. The number of nitrogens with zero attached hydrogens (tertiary/aromatic N) is 2. The highest BCUT2D eigenvalue weighted by molar-refractivity contribution is 5.87. The minimum atomic E-state index is 0.121. The molecule has 3 nitrogen and oxygen atoms in total. The first kappa shape index (κ1) is 11.0. The molecule has 0 N–H and O–H groups in total. The molecule has 0 bridgehead atoms. The third kappa shape index (κ3) is 3.34. The van der Waals surface area contributed by atoms with Crippen molar-refractivity contribution in [1.82, 2.24) is 9.80 Å². The van der Waals surface area contributed by atoms with Crippen molar-refractivity contribution in [2.75, 3.05) is 33.2 Å². The van der Waals surface area contributed by atoms with Crippen LogP contribution in [0.4, 0.5) is 0 Å². The SMILES string of the molecule is C/C=C/C=C/C(=O)N1CCN(C)CC1. The molecule has 0 spiro atoms. The Balaban J connectivity index is 2.38. The molecule has 1 heterocycles. The number of carbonyl (C=O) groups is 1. The van der Waals surface area contributed by atoms with E-state index < -0.39 is 0 Å². The quantitative estimate of drug-likeness (QED) is 0.481. The van der Waals surface area contributed by atoms with Crippen LogP contribution in [-0.2, 0) is 4.79 Å². The Bertz CT molecular complexity index is 238. The molecule has 14 heavy (non-hydrogen) atoms. The van der Waals surface area contributed by atoms with Crippen LogP contribution in [0.25, 0.3) is 0 Å². The molecule has 0 atom stereocenters. The standard InChI is InChI=1S/C11H18N2O/c1-3-4-5-6-11(14)13-9-7-12(2)8-10-13/h3-6H,7-10H2,1-2H3/b4-3+,6-5+. The molecule has 1 aliphatic rings. The van der Waals surface area contributed by atoms with Gasteiger partial charge in [-0.2, -0.15) is 0 Å². The van der Waals surface area contributed by atoms with Crippen molar-refractivity contribution in [3.63, 3.8) is 0 Å². The van der Waals surface area contributed by atoms with Gasteiger partial charge in [-0.1, -0.05) is 18.2 Å². The smallest absolute Gasteiger partial charge is 0.246 e. The van der Waals surface area contributed by atoms with Crippen LogP contribution in [0.3, 0.4) is 0 Å². The number of piperazine rings is 1. The predicted molar refractivity (Wildman–Crippen MR) is 58.0 cm³/mol. The average molecular weight is 194 g/mol. The van der Waals surface area contributed by atoms with Crippen molar-refractivity contribution in [2.45, 2.75) is 6.92 Å². The molecular weight excluding hydrogens is 176 g/mol. The molecule has 0 aliphatic carbocycles. The number of carbonyl (C=O) groups excluding carboxylic acids is 1. The van der Waals surface area contributed by atoms with Crippen LogP contribution in [-0.4, -0.2) is 48.9 Å². The van der Waals surface area contributed by atoms with Gasteiger partial charge in [0.25, 0.3) is 0 Å². The monoisotopic (exact) mass is 194 g/mol. The summed E-state index contributed by atoms with van der Waals surface area (Å²) in [5.41, 5.74) is 0. The second-order valence-electron chi connectivity index (χ2n) is 3.51. The lowest BCUT2D eigenvalue weighted by atomic mass is 10.3. The van der Waals surface area contributed by atoms with Crippen LogP contribution in [0.1, 0.15) is 6.92 Å². The van der Waals surface area contributed by atoms with Crippen LogP contribution in [0, 0.1) is 0 Å². The Kier molecular flexibility index (Phi) is 4.40. The van der Waals surface area contributed by atoms with E-state index in [1.165, 1.54) is 0 Å². The molecule has 1 fully saturated rings. The maximum atomic E-state index is 11.6. The third-order valence-corrected chi connectivity index (χ3v) is 2.36. The summed E-state index contributed by atoms with van der Waals surface area (Å²) in [4.78, 5) is 15.7. The number of amides is 1. The van der Waals surface area contributed by atoms with Gasteiger partial charge in [0.15, 0.2) is 0 Å². The van der Waals surface area contributed by atoms with Gasteiger partial charge in [0.05, 0.1) is 0 Å². The Labute approximate surface area is 85.7 Å². The lowest BCUT2D eigenvalue weighted by Gasteiger charge is -2.31. The summed E-state index contributed by atoms with van der Waals surface area (Å²) >= 11 is 0. The van der Waals surface area contributed by atoms with E-state index in [0.29, 0.717) is 0 Å². The highest BCUT2D eigenvalue weighted by atomic mass is 16.2. The first-order chi connectivity index (χ1) is 6.74. The molecule has 1 rings (SSSR count). The minimum Gasteiger partial charge on any atom is -0.337 e. The molecule has 1 aliphatic heterocycles. The molecule has 1 saturated heterocycles. The van der Waals surface area contributed by atoms with Crippen molar-refractivity contribution in [3.05, 3.63) is 24.3 Å².